The number of carboxylic acid groups (broad SMARTS) is 1. The number of ether oxygens (including phenoxy) is 1. The second kappa shape index (κ2) is 6.81. The van der Waals surface area contributed by atoms with Gasteiger partial charge in [-0.3, -0.25) is 4.98 Å². The molecule has 0 fully saturated rings. The Hall–Kier alpha value is -2.72. The maximum Gasteiger partial charge on any atom is 0.329 e. The second-order valence-electron chi connectivity index (χ2n) is 5.80. The standard InChI is InChI=1S/C20H19NO3/c1-13-5-3-4-6-16(13)17-9-10-21-19-11-15(7-8-18(17)19)14(2)24-12-20(22)23/h3-11,14H,12H2,1-2H3,(H,22,23). The zero-order valence-corrected chi connectivity index (χ0v) is 13.7. The van der Waals surface area contributed by atoms with Crippen LogP contribution in [0.25, 0.3) is 22.0 Å². The van der Waals surface area contributed by atoms with Crippen LogP contribution in [0, 0.1) is 6.92 Å². The highest BCUT2D eigenvalue weighted by atomic mass is 16.5. The predicted octanol–water partition coefficient (Wildman–Crippen LogP) is 4.37. The number of benzene rings is 2. The largest absolute Gasteiger partial charge is 0.480 e. The molecule has 122 valence electrons. The van der Waals surface area contributed by atoms with Gasteiger partial charge < -0.3 is 9.84 Å². The third-order valence-corrected chi connectivity index (χ3v) is 4.13. The first-order valence-corrected chi connectivity index (χ1v) is 7.84. The third kappa shape index (κ3) is 3.29. The van der Waals surface area contributed by atoms with E-state index in [2.05, 4.69) is 24.0 Å². The van der Waals surface area contributed by atoms with Crippen molar-refractivity contribution in [2.45, 2.75) is 20.0 Å². The molecule has 1 N–H and O–H groups in total. The molecule has 0 saturated heterocycles. The summed E-state index contributed by atoms with van der Waals surface area (Å²) in [5.74, 6) is -0.970. The fourth-order valence-corrected chi connectivity index (χ4v) is 2.82. The van der Waals surface area contributed by atoms with Gasteiger partial charge in [-0.05, 0) is 48.2 Å². The van der Waals surface area contributed by atoms with Gasteiger partial charge in [0.25, 0.3) is 0 Å². The number of aryl methyl sites for hydroxylation is 1. The molecule has 0 radical (unpaired) electrons. The second-order valence-corrected chi connectivity index (χ2v) is 5.80. The van der Waals surface area contributed by atoms with E-state index in [1.807, 2.05) is 43.3 Å². The van der Waals surface area contributed by atoms with Crippen LogP contribution in [-0.2, 0) is 9.53 Å². The van der Waals surface area contributed by atoms with Crippen molar-refractivity contribution < 1.29 is 14.6 Å². The van der Waals surface area contributed by atoms with Crippen molar-refractivity contribution in [2.24, 2.45) is 0 Å². The topological polar surface area (TPSA) is 59.4 Å². The number of aromatic nitrogens is 1. The van der Waals surface area contributed by atoms with Gasteiger partial charge in [0, 0.05) is 11.6 Å². The summed E-state index contributed by atoms with van der Waals surface area (Å²) in [6.45, 7) is 3.63. The van der Waals surface area contributed by atoms with Crippen molar-refractivity contribution in [3.05, 3.63) is 65.9 Å². The van der Waals surface area contributed by atoms with Crippen molar-refractivity contribution in [1.29, 1.82) is 0 Å². The van der Waals surface area contributed by atoms with E-state index in [9.17, 15) is 4.79 Å². The molecule has 4 nitrogen and oxygen atoms in total. The Morgan fingerprint density at radius 3 is 2.71 bits per heavy atom. The van der Waals surface area contributed by atoms with Crippen molar-refractivity contribution in [1.82, 2.24) is 4.98 Å². The molecule has 0 saturated carbocycles. The van der Waals surface area contributed by atoms with Crippen LogP contribution < -0.4 is 0 Å². The van der Waals surface area contributed by atoms with Crippen LogP contribution in [0.3, 0.4) is 0 Å². The van der Waals surface area contributed by atoms with Gasteiger partial charge in [0.05, 0.1) is 11.6 Å². The van der Waals surface area contributed by atoms with Crippen molar-refractivity contribution >= 4 is 16.9 Å². The molecule has 1 aromatic heterocycles. The fourth-order valence-electron chi connectivity index (χ4n) is 2.82. The van der Waals surface area contributed by atoms with Gasteiger partial charge in [0.15, 0.2) is 0 Å². The van der Waals surface area contributed by atoms with Gasteiger partial charge in [-0.15, -0.1) is 0 Å². The summed E-state index contributed by atoms with van der Waals surface area (Å²) in [7, 11) is 0. The van der Waals surface area contributed by atoms with E-state index in [1.165, 1.54) is 11.1 Å². The molecule has 2 aromatic carbocycles. The maximum absolute atomic E-state index is 10.6. The quantitative estimate of drug-likeness (QED) is 0.758. The highest BCUT2D eigenvalue weighted by molar-refractivity contribution is 5.95. The lowest BCUT2D eigenvalue weighted by Gasteiger charge is -2.14. The molecular formula is C20H19NO3. The number of hydrogen-bond donors (Lipinski definition) is 1. The van der Waals surface area contributed by atoms with Crippen molar-refractivity contribution in [3.63, 3.8) is 0 Å². The molecule has 24 heavy (non-hydrogen) atoms. The Morgan fingerprint density at radius 2 is 1.96 bits per heavy atom. The Balaban J connectivity index is 2.01. The van der Waals surface area contributed by atoms with Gasteiger partial charge >= 0.3 is 5.97 Å². The molecule has 3 aromatic rings. The van der Waals surface area contributed by atoms with E-state index in [1.54, 1.807) is 6.20 Å². The van der Waals surface area contributed by atoms with Crippen LogP contribution in [0.4, 0.5) is 0 Å². The minimum absolute atomic E-state index is 0.297. The Morgan fingerprint density at radius 1 is 1.17 bits per heavy atom. The number of fused-ring (bicyclic) bond motifs is 1. The SMILES string of the molecule is Cc1ccccc1-c1ccnc2cc(C(C)OCC(=O)O)ccc12. The lowest BCUT2D eigenvalue weighted by atomic mass is 9.96. The van der Waals surface area contributed by atoms with Gasteiger partial charge in [-0.1, -0.05) is 36.4 Å². The number of hydrogen-bond acceptors (Lipinski definition) is 3. The lowest BCUT2D eigenvalue weighted by Crippen LogP contribution is -2.10. The number of rotatable bonds is 5. The van der Waals surface area contributed by atoms with Gasteiger partial charge in [-0.25, -0.2) is 4.79 Å². The summed E-state index contributed by atoms with van der Waals surface area (Å²) in [5.41, 5.74) is 5.33. The predicted molar refractivity (Wildman–Crippen MR) is 93.9 cm³/mol. The highest BCUT2D eigenvalue weighted by Gasteiger charge is 2.11. The normalized spacial score (nSPS) is 12.2. The Labute approximate surface area is 140 Å². The van der Waals surface area contributed by atoms with Crippen LogP contribution >= 0.6 is 0 Å². The fraction of sp³-hybridized carbons (Fsp3) is 0.200. The van der Waals surface area contributed by atoms with E-state index < -0.39 is 5.97 Å². The molecule has 1 heterocycles. The maximum atomic E-state index is 10.6. The summed E-state index contributed by atoms with van der Waals surface area (Å²) >= 11 is 0. The number of nitrogens with zero attached hydrogens (tertiary/aromatic N) is 1. The van der Waals surface area contributed by atoms with Crippen LogP contribution in [-0.4, -0.2) is 22.7 Å². The molecule has 1 atom stereocenters. The minimum atomic E-state index is -0.970. The van der Waals surface area contributed by atoms with E-state index >= 15 is 0 Å². The van der Waals surface area contributed by atoms with E-state index in [0.29, 0.717) is 0 Å². The van der Waals surface area contributed by atoms with Crippen molar-refractivity contribution in [3.8, 4) is 11.1 Å². The zero-order valence-electron chi connectivity index (χ0n) is 13.7. The Bertz CT molecular complexity index is 889. The summed E-state index contributed by atoms with van der Waals surface area (Å²) in [6, 6.07) is 16.2. The number of carbonyl (C=O) groups is 1. The summed E-state index contributed by atoms with van der Waals surface area (Å²) < 4.78 is 5.35. The molecule has 0 aliphatic heterocycles. The smallest absolute Gasteiger partial charge is 0.329 e. The molecule has 1 unspecified atom stereocenters. The first-order chi connectivity index (χ1) is 11.6. The van der Waals surface area contributed by atoms with Crippen LogP contribution in [0.2, 0.25) is 0 Å². The molecule has 0 amide bonds. The Kier molecular flexibility index (Phi) is 4.58. The molecule has 0 spiro atoms. The third-order valence-electron chi connectivity index (χ3n) is 4.13. The molecule has 3 rings (SSSR count). The monoisotopic (exact) mass is 321 g/mol. The van der Waals surface area contributed by atoms with E-state index in [-0.39, 0.29) is 12.7 Å². The molecular weight excluding hydrogens is 302 g/mol. The summed E-state index contributed by atoms with van der Waals surface area (Å²) in [5, 5.41) is 9.80. The molecule has 0 aliphatic carbocycles. The van der Waals surface area contributed by atoms with Gasteiger partial charge in [0.2, 0.25) is 0 Å². The zero-order chi connectivity index (χ0) is 17.1. The summed E-state index contributed by atoms with van der Waals surface area (Å²) in [6.07, 6.45) is 1.51. The van der Waals surface area contributed by atoms with E-state index in [4.69, 9.17) is 9.84 Å². The lowest BCUT2D eigenvalue weighted by molar-refractivity contribution is -0.144. The first kappa shape index (κ1) is 16.1. The molecule has 0 aliphatic rings. The van der Waals surface area contributed by atoms with Crippen LogP contribution in [0.1, 0.15) is 24.2 Å². The number of aliphatic carboxylic acids is 1. The van der Waals surface area contributed by atoms with E-state index in [0.717, 1.165) is 22.0 Å². The van der Waals surface area contributed by atoms with Crippen LogP contribution in [0.5, 0.6) is 0 Å². The minimum Gasteiger partial charge on any atom is -0.480 e. The average Bonchev–Trinajstić information content (AvgIpc) is 2.59. The highest BCUT2D eigenvalue weighted by Crippen LogP contribution is 2.31. The van der Waals surface area contributed by atoms with Gasteiger partial charge in [-0.2, -0.15) is 0 Å². The van der Waals surface area contributed by atoms with Crippen molar-refractivity contribution in [2.75, 3.05) is 6.61 Å². The van der Waals surface area contributed by atoms with Gasteiger partial charge in [0.1, 0.15) is 6.61 Å². The van der Waals surface area contributed by atoms with Crippen LogP contribution in [0.15, 0.2) is 54.7 Å². The number of carboxylic acids is 1. The molecule has 4 heteroatoms. The first-order valence-electron chi connectivity index (χ1n) is 7.84. The summed E-state index contributed by atoms with van der Waals surface area (Å²) in [4.78, 5) is 15.1. The molecule has 0 bridgehead atoms. The average molecular weight is 321 g/mol. The number of pyridine rings is 1.